The van der Waals surface area contributed by atoms with E-state index >= 15 is 0 Å². The molecule has 4 N–H and O–H groups in total. The summed E-state index contributed by atoms with van der Waals surface area (Å²) in [6.07, 6.45) is 0.868. The summed E-state index contributed by atoms with van der Waals surface area (Å²) in [5, 5.41) is 8.98. The molecule has 0 aliphatic carbocycles. The number of carbonyl (C=O) groups is 1. The van der Waals surface area contributed by atoms with Crippen molar-refractivity contribution in [3.05, 3.63) is 29.3 Å². The number of hydrogen-bond acceptors (Lipinski definition) is 4. The minimum absolute atomic E-state index is 0.0207. The van der Waals surface area contributed by atoms with E-state index in [1.54, 1.807) is 23.1 Å². The smallest absolute Gasteiger partial charge is 0.253 e. The number of nitrogens with zero attached hydrogens (tertiary/aromatic N) is 1. The number of amides is 1. The summed E-state index contributed by atoms with van der Waals surface area (Å²) in [5.74, 6) is 5.30. The molecule has 0 unspecified atom stereocenters. The topological polar surface area (TPSA) is 78.6 Å². The summed E-state index contributed by atoms with van der Waals surface area (Å²) in [6.45, 7) is 4.89. The lowest BCUT2D eigenvalue weighted by Crippen LogP contribution is -2.34. The van der Waals surface area contributed by atoms with Crippen molar-refractivity contribution in [2.45, 2.75) is 20.3 Å². The fourth-order valence-corrected chi connectivity index (χ4v) is 1.85. The molecule has 0 spiro atoms. The van der Waals surface area contributed by atoms with Crippen LogP contribution in [0.2, 0.25) is 0 Å². The highest BCUT2D eigenvalue weighted by atomic mass is 16.3. The van der Waals surface area contributed by atoms with Crippen molar-refractivity contribution < 1.29 is 9.90 Å². The van der Waals surface area contributed by atoms with Crippen molar-refractivity contribution in [2.75, 3.05) is 25.1 Å². The molecule has 1 amide bonds. The van der Waals surface area contributed by atoms with E-state index in [0.29, 0.717) is 18.7 Å². The molecule has 1 rings (SSSR count). The zero-order valence-corrected chi connectivity index (χ0v) is 10.9. The van der Waals surface area contributed by atoms with E-state index in [9.17, 15) is 4.79 Å². The van der Waals surface area contributed by atoms with Gasteiger partial charge in [-0.25, -0.2) is 0 Å². The molecule has 18 heavy (non-hydrogen) atoms. The second-order valence-electron chi connectivity index (χ2n) is 4.19. The van der Waals surface area contributed by atoms with Gasteiger partial charge in [-0.1, -0.05) is 6.92 Å². The van der Waals surface area contributed by atoms with Gasteiger partial charge in [0.1, 0.15) is 0 Å². The van der Waals surface area contributed by atoms with Crippen LogP contribution in [0.15, 0.2) is 18.2 Å². The van der Waals surface area contributed by atoms with Crippen LogP contribution in [0.3, 0.4) is 0 Å². The molecule has 0 aromatic heterocycles. The normalized spacial score (nSPS) is 10.2. The number of nitrogen functional groups attached to an aromatic ring is 1. The number of carbonyl (C=O) groups excluding carboxylic acids is 1. The van der Waals surface area contributed by atoms with E-state index < -0.39 is 0 Å². The van der Waals surface area contributed by atoms with Gasteiger partial charge < -0.3 is 15.4 Å². The summed E-state index contributed by atoms with van der Waals surface area (Å²) in [6, 6.07) is 5.33. The molecule has 0 saturated carbocycles. The molecule has 5 nitrogen and oxygen atoms in total. The summed E-state index contributed by atoms with van der Waals surface area (Å²) in [4.78, 5) is 13.9. The summed E-state index contributed by atoms with van der Waals surface area (Å²) in [5.41, 5.74) is 4.92. The molecular weight excluding hydrogens is 230 g/mol. The van der Waals surface area contributed by atoms with Crippen molar-refractivity contribution in [3.63, 3.8) is 0 Å². The first-order chi connectivity index (χ1) is 8.63. The van der Waals surface area contributed by atoms with Crippen molar-refractivity contribution in [1.29, 1.82) is 0 Å². The molecule has 0 aliphatic heterocycles. The van der Waals surface area contributed by atoms with Crippen LogP contribution in [0.4, 0.5) is 5.69 Å². The minimum atomic E-state index is -0.0578. The van der Waals surface area contributed by atoms with Crippen molar-refractivity contribution in [2.24, 2.45) is 5.84 Å². The van der Waals surface area contributed by atoms with Crippen LogP contribution in [0.1, 0.15) is 29.3 Å². The molecular formula is C13H21N3O2. The molecule has 0 aliphatic rings. The second-order valence-corrected chi connectivity index (χ2v) is 4.19. The predicted octanol–water partition coefficient (Wildman–Crippen LogP) is 1.13. The number of anilines is 1. The highest BCUT2D eigenvalue weighted by Gasteiger charge is 2.15. The van der Waals surface area contributed by atoms with Gasteiger partial charge in [0.25, 0.3) is 5.91 Å². The highest BCUT2D eigenvalue weighted by Crippen LogP contribution is 2.16. The first-order valence-corrected chi connectivity index (χ1v) is 6.11. The van der Waals surface area contributed by atoms with Crippen molar-refractivity contribution in [3.8, 4) is 0 Å². The Morgan fingerprint density at radius 1 is 1.44 bits per heavy atom. The Labute approximate surface area is 108 Å². The molecule has 100 valence electrons. The van der Waals surface area contributed by atoms with Gasteiger partial charge in [0.2, 0.25) is 0 Å². The number of nitrogens with two attached hydrogens (primary N) is 1. The largest absolute Gasteiger partial charge is 0.395 e. The number of aliphatic hydroxyl groups excluding tert-OH is 1. The van der Waals surface area contributed by atoms with Crippen molar-refractivity contribution >= 4 is 11.6 Å². The van der Waals surface area contributed by atoms with E-state index in [2.05, 4.69) is 5.43 Å². The molecule has 0 saturated heterocycles. The molecule has 0 radical (unpaired) electrons. The van der Waals surface area contributed by atoms with E-state index in [1.165, 1.54) is 0 Å². The maximum Gasteiger partial charge on any atom is 0.253 e. The monoisotopic (exact) mass is 251 g/mol. The molecule has 0 heterocycles. The van der Waals surface area contributed by atoms with E-state index in [1.807, 2.05) is 13.8 Å². The summed E-state index contributed by atoms with van der Waals surface area (Å²) in [7, 11) is 0. The number of hydrogen-bond donors (Lipinski definition) is 3. The molecule has 5 heteroatoms. The third kappa shape index (κ3) is 3.45. The third-order valence-corrected chi connectivity index (χ3v) is 2.78. The van der Waals surface area contributed by atoms with Gasteiger partial charge in [-0.15, -0.1) is 0 Å². The lowest BCUT2D eigenvalue weighted by molar-refractivity contribution is 0.0722. The molecule has 1 aromatic rings. The van der Waals surface area contributed by atoms with E-state index in [4.69, 9.17) is 10.9 Å². The Balaban J connectivity index is 2.90. The highest BCUT2D eigenvalue weighted by molar-refractivity contribution is 5.95. The molecule has 0 fully saturated rings. The quantitative estimate of drug-likeness (QED) is 0.523. The molecule has 0 bridgehead atoms. The van der Waals surface area contributed by atoms with Gasteiger partial charge in [0, 0.05) is 18.7 Å². The zero-order valence-electron chi connectivity index (χ0n) is 10.9. The van der Waals surface area contributed by atoms with Gasteiger partial charge >= 0.3 is 0 Å². The second kappa shape index (κ2) is 6.98. The predicted molar refractivity (Wildman–Crippen MR) is 72.3 cm³/mol. The minimum Gasteiger partial charge on any atom is -0.395 e. The fourth-order valence-electron chi connectivity index (χ4n) is 1.85. The van der Waals surface area contributed by atoms with Gasteiger partial charge in [-0.3, -0.25) is 10.6 Å². The summed E-state index contributed by atoms with van der Waals surface area (Å²) < 4.78 is 0. The van der Waals surface area contributed by atoms with Crippen molar-refractivity contribution in [1.82, 2.24) is 4.90 Å². The number of benzene rings is 1. The van der Waals surface area contributed by atoms with Crippen LogP contribution in [0.25, 0.3) is 0 Å². The Kier molecular flexibility index (Phi) is 5.61. The van der Waals surface area contributed by atoms with Crippen LogP contribution < -0.4 is 11.3 Å². The first-order valence-electron chi connectivity index (χ1n) is 6.11. The zero-order chi connectivity index (χ0) is 13.5. The average Bonchev–Trinajstić information content (AvgIpc) is 2.37. The Morgan fingerprint density at radius 3 is 2.67 bits per heavy atom. The maximum absolute atomic E-state index is 12.2. The van der Waals surface area contributed by atoms with Gasteiger partial charge in [0.05, 0.1) is 12.3 Å². The van der Waals surface area contributed by atoms with E-state index in [0.717, 1.165) is 17.7 Å². The van der Waals surface area contributed by atoms with E-state index in [-0.39, 0.29) is 12.5 Å². The average molecular weight is 251 g/mol. The Bertz CT molecular complexity index is 401. The van der Waals surface area contributed by atoms with Crippen LogP contribution in [0, 0.1) is 6.92 Å². The van der Waals surface area contributed by atoms with Gasteiger partial charge in [0.15, 0.2) is 0 Å². The Hall–Kier alpha value is -1.59. The standard InChI is InChI=1S/C13H21N3O2/c1-3-6-16(7-8-17)13(18)11-4-5-12(15-14)10(2)9-11/h4-5,9,15,17H,3,6-8,14H2,1-2H3. The molecule has 1 aromatic carbocycles. The van der Waals surface area contributed by atoms with Gasteiger partial charge in [-0.05, 0) is 37.1 Å². The maximum atomic E-state index is 12.2. The number of aliphatic hydroxyl groups is 1. The van der Waals surface area contributed by atoms with Crippen LogP contribution >= 0.6 is 0 Å². The number of rotatable bonds is 6. The third-order valence-electron chi connectivity index (χ3n) is 2.78. The van der Waals surface area contributed by atoms with Crippen LogP contribution in [-0.4, -0.2) is 35.6 Å². The Morgan fingerprint density at radius 2 is 2.17 bits per heavy atom. The number of aryl methyl sites for hydroxylation is 1. The van der Waals surface area contributed by atoms with Crippen LogP contribution in [-0.2, 0) is 0 Å². The number of hydrazine groups is 1. The molecule has 0 atom stereocenters. The first kappa shape index (κ1) is 14.5. The fraction of sp³-hybridized carbons (Fsp3) is 0.462. The number of nitrogens with one attached hydrogen (secondary N) is 1. The van der Waals surface area contributed by atoms with Gasteiger partial charge in [-0.2, -0.15) is 0 Å². The SMILES string of the molecule is CCCN(CCO)C(=O)c1ccc(NN)c(C)c1. The lowest BCUT2D eigenvalue weighted by atomic mass is 10.1. The van der Waals surface area contributed by atoms with Crippen LogP contribution in [0.5, 0.6) is 0 Å². The summed E-state index contributed by atoms with van der Waals surface area (Å²) >= 11 is 0. The lowest BCUT2D eigenvalue weighted by Gasteiger charge is -2.21.